The first-order chi connectivity index (χ1) is 14.2. The van der Waals surface area contributed by atoms with Gasteiger partial charge in [0.1, 0.15) is 18.5 Å². The zero-order valence-corrected chi connectivity index (χ0v) is 16.8. The van der Waals surface area contributed by atoms with Gasteiger partial charge >= 0.3 is 0 Å². The third-order valence-corrected chi connectivity index (χ3v) is 3.96. The van der Waals surface area contributed by atoms with E-state index in [1.807, 2.05) is 44.2 Å². The van der Waals surface area contributed by atoms with Crippen LogP contribution in [0.3, 0.4) is 0 Å². The van der Waals surface area contributed by atoms with Crippen LogP contribution >= 0.6 is 0 Å². The number of hydrogen-bond donors (Lipinski definition) is 3. The van der Waals surface area contributed by atoms with Crippen LogP contribution in [-0.2, 0) is 6.54 Å². The zero-order valence-electron chi connectivity index (χ0n) is 16.8. The van der Waals surface area contributed by atoms with E-state index in [1.165, 1.54) is 0 Å². The fourth-order valence-corrected chi connectivity index (χ4v) is 2.59. The highest BCUT2D eigenvalue weighted by molar-refractivity contribution is 5.79. The summed E-state index contributed by atoms with van der Waals surface area (Å²) < 4.78 is 16.6. The molecule has 9 nitrogen and oxygen atoms in total. The van der Waals surface area contributed by atoms with E-state index in [4.69, 9.17) is 13.9 Å². The Morgan fingerprint density at radius 3 is 2.76 bits per heavy atom. The van der Waals surface area contributed by atoms with Crippen molar-refractivity contribution in [2.75, 3.05) is 20.2 Å². The molecule has 1 aromatic carbocycles. The number of para-hydroxylation sites is 2. The van der Waals surface area contributed by atoms with Gasteiger partial charge in [-0.15, -0.1) is 5.10 Å². The molecule has 2 aromatic heterocycles. The molecule has 0 saturated heterocycles. The first kappa shape index (κ1) is 20.2. The van der Waals surface area contributed by atoms with Crippen molar-refractivity contribution in [2.24, 2.45) is 4.99 Å². The summed E-state index contributed by atoms with van der Waals surface area (Å²) in [5.41, 5.74) is 0. The van der Waals surface area contributed by atoms with Crippen LogP contribution in [0.2, 0.25) is 0 Å². The Balaban J connectivity index is 1.55. The lowest BCUT2D eigenvalue weighted by atomic mass is 10.3. The van der Waals surface area contributed by atoms with E-state index >= 15 is 0 Å². The molecule has 0 aliphatic carbocycles. The number of rotatable bonds is 9. The summed E-state index contributed by atoms with van der Waals surface area (Å²) in [5.74, 6) is 3.85. The molecular formula is C20H26N6O3. The van der Waals surface area contributed by atoms with Gasteiger partial charge in [-0.2, -0.15) is 0 Å². The lowest BCUT2D eigenvalue weighted by molar-refractivity contribution is 0.213. The second-order valence-electron chi connectivity index (χ2n) is 6.24. The molecule has 0 fully saturated rings. The molecule has 9 heteroatoms. The van der Waals surface area contributed by atoms with Crippen molar-refractivity contribution in [1.29, 1.82) is 0 Å². The molecule has 29 heavy (non-hydrogen) atoms. The fourth-order valence-electron chi connectivity index (χ4n) is 2.59. The predicted molar refractivity (Wildman–Crippen MR) is 110 cm³/mol. The minimum absolute atomic E-state index is 0.0917. The minimum Gasteiger partial charge on any atom is -0.493 e. The summed E-state index contributed by atoms with van der Waals surface area (Å²) in [7, 11) is 1.63. The maximum atomic E-state index is 5.96. The van der Waals surface area contributed by atoms with Crippen LogP contribution in [0.1, 0.15) is 19.7 Å². The number of aromatic nitrogens is 3. The summed E-state index contributed by atoms with van der Waals surface area (Å²) in [6, 6.07) is 11.2. The molecule has 0 amide bonds. The maximum Gasteiger partial charge on any atom is 0.216 e. The lowest BCUT2D eigenvalue weighted by Crippen LogP contribution is -2.41. The molecule has 1 unspecified atom stereocenters. The van der Waals surface area contributed by atoms with Crippen molar-refractivity contribution in [2.45, 2.75) is 26.5 Å². The van der Waals surface area contributed by atoms with E-state index in [1.54, 1.807) is 19.4 Å². The number of H-pyrrole nitrogens is 1. The first-order valence-corrected chi connectivity index (χ1v) is 9.46. The average molecular weight is 398 g/mol. The molecule has 0 aliphatic rings. The Morgan fingerprint density at radius 1 is 1.21 bits per heavy atom. The van der Waals surface area contributed by atoms with Crippen LogP contribution in [-0.4, -0.2) is 47.4 Å². The highest BCUT2D eigenvalue weighted by atomic mass is 16.5. The molecule has 3 rings (SSSR count). The highest BCUT2D eigenvalue weighted by Crippen LogP contribution is 2.26. The van der Waals surface area contributed by atoms with Crippen LogP contribution in [0, 0.1) is 0 Å². The number of furan rings is 1. The SMILES string of the molecule is CCNC(=NCc1nc(-c2ccco2)n[nH]1)NCC(C)Oc1ccccc1OC. The van der Waals surface area contributed by atoms with Gasteiger partial charge in [-0.25, -0.2) is 9.98 Å². The monoisotopic (exact) mass is 398 g/mol. The predicted octanol–water partition coefficient (Wildman–Crippen LogP) is 2.60. The largest absolute Gasteiger partial charge is 0.493 e. The van der Waals surface area contributed by atoms with E-state index in [2.05, 4.69) is 30.8 Å². The van der Waals surface area contributed by atoms with Gasteiger partial charge in [0.25, 0.3) is 0 Å². The molecule has 0 bridgehead atoms. The molecule has 0 radical (unpaired) electrons. The third-order valence-electron chi connectivity index (χ3n) is 3.96. The lowest BCUT2D eigenvalue weighted by Gasteiger charge is -2.18. The Hall–Kier alpha value is -3.49. The van der Waals surface area contributed by atoms with Crippen molar-refractivity contribution in [1.82, 2.24) is 25.8 Å². The van der Waals surface area contributed by atoms with Crippen molar-refractivity contribution >= 4 is 5.96 Å². The average Bonchev–Trinajstić information content (AvgIpc) is 3.42. The van der Waals surface area contributed by atoms with Gasteiger partial charge in [0.2, 0.25) is 5.82 Å². The highest BCUT2D eigenvalue weighted by Gasteiger charge is 2.10. The van der Waals surface area contributed by atoms with Crippen LogP contribution in [0.15, 0.2) is 52.1 Å². The van der Waals surface area contributed by atoms with Gasteiger partial charge in [-0.1, -0.05) is 12.1 Å². The van der Waals surface area contributed by atoms with Crippen molar-refractivity contribution in [3.8, 4) is 23.1 Å². The minimum atomic E-state index is -0.0917. The summed E-state index contributed by atoms with van der Waals surface area (Å²) in [5, 5.41) is 13.5. The molecule has 3 aromatic rings. The van der Waals surface area contributed by atoms with E-state index in [0.717, 1.165) is 6.54 Å². The molecular weight excluding hydrogens is 372 g/mol. The second-order valence-corrected chi connectivity index (χ2v) is 6.24. The molecule has 0 aliphatic heterocycles. The number of hydrogen-bond acceptors (Lipinski definition) is 6. The van der Waals surface area contributed by atoms with Gasteiger partial charge in [0.15, 0.2) is 23.2 Å². The van der Waals surface area contributed by atoms with Gasteiger partial charge in [0, 0.05) is 6.54 Å². The Morgan fingerprint density at radius 2 is 2.03 bits per heavy atom. The quantitative estimate of drug-likeness (QED) is 0.375. The van der Waals surface area contributed by atoms with Gasteiger partial charge in [0.05, 0.1) is 19.9 Å². The first-order valence-electron chi connectivity index (χ1n) is 9.46. The molecule has 3 N–H and O–H groups in total. The number of aliphatic imine (C=N–C) groups is 1. The van der Waals surface area contributed by atoms with Crippen molar-refractivity contribution < 1.29 is 13.9 Å². The number of nitrogens with one attached hydrogen (secondary N) is 3. The third kappa shape index (κ3) is 5.74. The number of methoxy groups -OCH3 is 1. The summed E-state index contributed by atoms with van der Waals surface area (Å²) in [6.45, 7) is 5.65. The summed E-state index contributed by atoms with van der Waals surface area (Å²) in [4.78, 5) is 8.93. The van der Waals surface area contributed by atoms with Crippen LogP contribution in [0.5, 0.6) is 11.5 Å². The van der Waals surface area contributed by atoms with Crippen LogP contribution in [0.4, 0.5) is 0 Å². The number of ether oxygens (including phenoxy) is 2. The Bertz CT molecular complexity index is 907. The van der Waals surface area contributed by atoms with Crippen molar-refractivity contribution in [3.63, 3.8) is 0 Å². The molecule has 2 heterocycles. The Kier molecular flexibility index (Phi) is 7.10. The smallest absolute Gasteiger partial charge is 0.216 e. The summed E-state index contributed by atoms with van der Waals surface area (Å²) in [6.07, 6.45) is 1.50. The normalized spacial score (nSPS) is 12.4. The van der Waals surface area contributed by atoms with Gasteiger partial charge < -0.3 is 24.5 Å². The van der Waals surface area contributed by atoms with Gasteiger partial charge in [-0.05, 0) is 38.1 Å². The molecule has 154 valence electrons. The number of aromatic amines is 1. The maximum absolute atomic E-state index is 5.96. The second kappa shape index (κ2) is 10.2. The van der Waals surface area contributed by atoms with Crippen LogP contribution < -0.4 is 20.1 Å². The van der Waals surface area contributed by atoms with E-state index in [0.29, 0.717) is 48.0 Å². The summed E-state index contributed by atoms with van der Waals surface area (Å²) >= 11 is 0. The standard InChI is InChI=1S/C20H26N6O3/c1-4-21-20(22-12-14(2)29-16-9-6-5-8-15(16)27-3)23-13-18-24-19(26-25-18)17-10-7-11-28-17/h5-11,14H,4,12-13H2,1-3H3,(H2,21,22,23)(H,24,25,26). The number of benzene rings is 1. The fraction of sp³-hybridized carbons (Fsp3) is 0.350. The molecule has 0 saturated carbocycles. The van der Waals surface area contributed by atoms with Crippen molar-refractivity contribution in [3.05, 3.63) is 48.5 Å². The number of nitrogens with zero attached hydrogens (tertiary/aromatic N) is 3. The topological polar surface area (TPSA) is 110 Å². The van der Waals surface area contributed by atoms with E-state index in [9.17, 15) is 0 Å². The number of guanidine groups is 1. The van der Waals surface area contributed by atoms with E-state index < -0.39 is 0 Å². The zero-order chi connectivity index (χ0) is 20.5. The van der Waals surface area contributed by atoms with Crippen LogP contribution in [0.25, 0.3) is 11.6 Å². The molecule has 0 spiro atoms. The van der Waals surface area contributed by atoms with E-state index in [-0.39, 0.29) is 6.10 Å². The molecule has 1 atom stereocenters. The van der Waals surface area contributed by atoms with Gasteiger partial charge in [-0.3, -0.25) is 5.10 Å². The Labute approximate surface area is 169 Å².